The Morgan fingerprint density at radius 3 is 2.63 bits per heavy atom. The minimum absolute atomic E-state index is 0.112. The van der Waals surface area contributed by atoms with Crippen molar-refractivity contribution in [1.29, 1.82) is 0 Å². The number of likely N-dealkylation sites (tertiary alicyclic amines) is 1. The second kappa shape index (κ2) is 5.33. The van der Waals surface area contributed by atoms with Crippen LogP contribution in [0.2, 0.25) is 0 Å². The van der Waals surface area contributed by atoms with Gasteiger partial charge < -0.3 is 10.2 Å². The fraction of sp³-hybridized carbons (Fsp3) is 0.714. The van der Waals surface area contributed by atoms with Gasteiger partial charge in [-0.3, -0.25) is 9.48 Å². The first kappa shape index (κ1) is 14.1. The van der Waals surface area contributed by atoms with Crippen molar-refractivity contribution in [1.82, 2.24) is 20.0 Å². The Hall–Kier alpha value is -1.36. The topological polar surface area (TPSA) is 50.2 Å². The van der Waals surface area contributed by atoms with Gasteiger partial charge in [0.2, 0.25) is 0 Å². The largest absolute Gasteiger partial charge is 0.337 e. The summed E-state index contributed by atoms with van der Waals surface area (Å²) in [5.74, 6) is 0.112. The van der Waals surface area contributed by atoms with Gasteiger partial charge >= 0.3 is 0 Å². The molecule has 5 heteroatoms. The molecule has 19 heavy (non-hydrogen) atoms. The van der Waals surface area contributed by atoms with E-state index >= 15 is 0 Å². The molecule has 2 rings (SSSR count). The van der Waals surface area contributed by atoms with Gasteiger partial charge in [0, 0.05) is 25.2 Å². The maximum Gasteiger partial charge on any atom is 0.272 e. The number of aromatic nitrogens is 2. The van der Waals surface area contributed by atoms with Crippen LogP contribution in [0.1, 0.15) is 42.9 Å². The molecule has 1 amide bonds. The lowest BCUT2D eigenvalue weighted by Crippen LogP contribution is -2.51. The van der Waals surface area contributed by atoms with Gasteiger partial charge in [0.25, 0.3) is 5.91 Å². The van der Waals surface area contributed by atoms with Gasteiger partial charge in [0.1, 0.15) is 5.69 Å². The van der Waals surface area contributed by atoms with Crippen molar-refractivity contribution < 1.29 is 4.79 Å². The van der Waals surface area contributed by atoms with Crippen molar-refractivity contribution in [3.63, 3.8) is 0 Å². The normalized spacial score (nSPS) is 18.6. The number of carbonyl (C=O) groups is 1. The summed E-state index contributed by atoms with van der Waals surface area (Å²) < 4.78 is 1.80. The quantitative estimate of drug-likeness (QED) is 0.898. The number of hydrogen-bond acceptors (Lipinski definition) is 3. The minimum Gasteiger partial charge on any atom is -0.337 e. The summed E-state index contributed by atoms with van der Waals surface area (Å²) in [7, 11) is 1.99. The maximum atomic E-state index is 12.5. The first-order valence-corrected chi connectivity index (χ1v) is 7.02. The molecule has 2 heterocycles. The zero-order chi connectivity index (χ0) is 14.0. The molecule has 0 aromatic carbocycles. The molecule has 1 aliphatic rings. The van der Waals surface area contributed by atoms with Crippen molar-refractivity contribution in [2.45, 2.75) is 45.7 Å². The van der Waals surface area contributed by atoms with Crippen LogP contribution in [0.25, 0.3) is 0 Å². The molecule has 0 radical (unpaired) electrons. The van der Waals surface area contributed by atoms with Crippen LogP contribution >= 0.6 is 0 Å². The molecule has 1 fully saturated rings. The Bertz CT molecular complexity index is 458. The Balaban J connectivity index is 2.09. The molecule has 1 N–H and O–H groups in total. The number of rotatable bonds is 3. The summed E-state index contributed by atoms with van der Waals surface area (Å²) in [6.45, 7) is 8.51. The molecule has 0 unspecified atom stereocenters. The van der Waals surface area contributed by atoms with Crippen molar-refractivity contribution in [3.05, 3.63) is 17.5 Å². The summed E-state index contributed by atoms with van der Waals surface area (Å²) in [4.78, 5) is 14.5. The molecular formula is C14H24N4O. The van der Waals surface area contributed by atoms with Crippen LogP contribution < -0.4 is 5.32 Å². The van der Waals surface area contributed by atoms with Crippen LogP contribution in [0.15, 0.2) is 6.07 Å². The Morgan fingerprint density at radius 1 is 1.47 bits per heavy atom. The van der Waals surface area contributed by atoms with Crippen LogP contribution in [0.5, 0.6) is 0 Å². The van der Waals surface area contributed by atoms with E-state index in [2.05, 4.69) is 17.3 Å². The second-order valence-electron chi connectivity index (χ2n) is 5.59. The van der Waals surface area contributed by atoms with Gasteiger partial charge in [-0.15, -0.1) is 0 Å². The lowest BCUT2D eigenvalue weighted by molar-refractivity contribution is 0.0649. The van der Waals surface area contributed by atoms with Gasteiger partial charge in [0.15, 0.2) is 0 Å². The Labute approximate surface area is 115 Å². The maximum absolute atomic E-state index is 12.5. The van der Waals surface area contributed by atoms with Crippen molar-refractivity contribution in [3.8, 4) is 0 Å². The number of nitrogens with zero attached hydrogens (tertiary/aromatic N) is 3. The van der Waals surface area contributed by atoms with E-state index in [1.807, 2.05) is 31.9 Å². The third kappa shape index (κ3) is 2.81. The minimum atomic E-state index is 0.112. The molecular weight excluding hydrogens is 240 g/mol. The zero-order valence-corrected chi connectivity index (χ0v) is 12.4. The van der Waals surface area contributed by atoms with Crippen LogP contribution in [0.4, 0.5) is 0 Å². The van der Waals surface area contributed by atoms with Crippen LogP contribution in [0.3, 0.4) is 0 Å². The van der Waals surface area contributed by atoms with Crippen molar-refractivity contribution >= 4 is 5.91 Å². The number of amides is 1. The highest BCUT2D eigenvalue weighted by Crippen LogP contribution is 2.22. The predicted molar refractivity (Wildman–Crippen MR) is 75.2 cm³/mol. The zero-order valence-electron chi connectivity index (χ0n) is 12.4. The van der Waals surface area contributed by atoms with Crippen molar-refractivity contribution in [2.24, 2.45) is 0 Å². The molecule has 1 aliphatic heterocycles. The smallest absolute Gasteiger partial charge is 0.272 e. The summed E-state index contributed by atoms with van der Waals surface area (Å²) in [5.41, 5.74) is 1.79. The number of piperidine rings is 1. The first-order valence-electron chi connectivity index (χ1n) is 7.02. The summed E-state index contributed by atoms with van der Waals surface area (Å²) in [6, 6.07) is 1.89. The van der Waals surface area contributed by atoms with E-state index in [1.54, 1.807) is 4.68 Å². The Morgan fingerprint density at radius 2 is 2.11 bits per heavy atom. The number of hydrogen-bond donors (Lipinski definition) is 1. The first-order chi connectivity index (χ1) is 8.99. The number of aryl methyl sites for hydroxylation is 2. The summed E-state index contributed by atoms with van der Waals surface area (Å²) in [6.07, 6.45) is 1.99. The van der Waals surface area contributed by atoms with E-state index in [4.69, 9.17) is 0 Å². The molecule has 0 aliphatic carbocycles. The van der Waals surface area contributed by atoms with Gasteiger partial charge in [-0.25, -0.2) is 0 Å². The van der Waals surface area contributed by atoms with Crippen LogP contribution in [-0.2, 0) is 6.54 Å². The van der Waals surface area contributed by atoms with Crippen molar-refractivity contribution in [2.75, 3.05) is 20.1 Å². The van der Waals surface area contributed by atoms with Gasteiger partial charge in [-0.2, -0.15) is 5.10 Å². The molecule has 1 saturated heterocycles. The fourth-order valence-electron chi connectivity index (χ4n) is 2.57. The summed E-state index contributed by atoms with van der Waals surface area (Å²) in [5, 5.41) is 7.70. The monoisotopic (exact) mass is 264 g/mol. The second-order valence-corrected chi connectivity index (χ2v) is 5.59. The molecule has 1 aromatic rings. The highest BCUT2D eigenvalue weighted by Gasteiger charge is 2.31. The third-order valence-corrected chi connectivity index (χ3v) is 4.18. The van der Waals surface area contributed by atoms with E-state index in [1.165, 1.54) is 0 Å². The van der Waals surface area contributed by atoms with E-state index in [0.717, 1.165) is 38.2 Å². The standard InChI is InChI=1S/C14H24N4O/c1-5-18-12(10-11(2)16-18)13(19)17-8-6-14(3,15-4)7-9-17/h10,15H,5-9H2,1-4H3. The fourth-order valence-corrected chi connectivity index (χ4v) is 2.57. The number of nitrogens with one attached hydrogen (secondary N) is 1. The van der Waals surface area contributed by atoms with E-state index < -0.39 is 0 Å². The van der Waals surface area contributed by atoms with Gasteiger partial charge in [-0.05, 0) is 46.7 Å². The third-order valence-electron chi connectivity index (χ3n) is 4.18. The molecule has 0 saturated carbocycles. The summed E-state index contributed by atoms with van der Waals surface area (Å²) >= 11 is 0. The average molecular weight is 264 g/mol. The molecule has 106 valence electrons. The number of carbonyl (C=O) groups excluding carboxylic acids is 1. The van der Waals surface area contributed by atoms with Crippen LogP contribution in [-0.4, -0.2) is 46.3 Å². The van der Waals surface area contributed by atoms with Gasteiger partial charge in [-0.1, -0.05) is 0 Å². The lowest BCUT2D eigenvalue weighted by Gasteiger charge is -2.39. The van der Waals surface area contributed by atoms with Crippen LogP contribution in [0, 0.1) is 6.92 Å². The van der Waals surface area contributed by atoms with E-state index in [-0.39, 0.29) is 11.4 Å². The molecule has 5 nitrogen and oxygen atoms in total. The van der Waals surface area contributed by atoms with E-state index in [9.17, 15) is 4.79 Å². The molecule has 1 aromatic heterocycles. The SMILES string of the molecule is CCn1nc(C)cc1C(=O)N1CCC(C)(NC)CC1. The molecule has 0 bridgehead atoms. The predicted octanol–water partition coefficient (Wildman–Crippen LogP) is 1.43. The highest BCUT2D eigenvalue weighted by atomic mass is 16.2. The molecule has 0 spiro atoms. The highest BCUT2D eigenvalue weighted by molar-refractivity contribution is 5.92. The molecule has 0 atom stereocenters. The lowest BCUT2D eigenvalue weighted by atomic mass is 9.90. The van der Waals surface area contributed by atoms with E-state index in [0.29, 0.717) is 5.69 Å². The van der Waals surface area contributed by atoms with Gasteiger partial charge in [0.05, 0.1) is 5.69 Å². The average Bonchev–Trinajstić information content (AvgIpc) is 2.80. The Kier molecular flexibility index (Phi) is 3.94.